The highest BCUT2D eigenvalue weighted by atomic mass is 35.5. The van der Waals surface area contributed by atoms with Crippen LogP contribution in [0.4, 0.5) is 0 Å². The van der Waals surface area contributed by atoms with Crippen LogP contribution in [0, 0.1) is 6.92 Å². The second-order valence-corrected chi connectivity index (χ2v) is 5.76. The minimum Gasteiger partial charge on any atom is -0.307 e. The topological polar surface area (TPSA) is 48.5 Å². The van der Waals surface area contributed by atoms with Gasteiger partial charge in [-0.1, -0.05) is 0 Å². The van der Waals surface area contributed by atoms with E-state index in [0.29, 0.717) is 0 Å². The molecule has 0 aromatic carbocycles. The van der Waals surface area contributed by atoms with Crippen LogP contribution in [0.3, 0.4) is 0 Å². The van der Waals surface area contributed by atoms with Crippen molar-refractivity contribution < 1.29 is 0 Å². The number of aryl methyl sites for hydroxylation is 2. The molecule has 0 aliphatic heterocycles. The molecule has 0 N–H and O–H groups in total. The molecule has 0 aliphatic rings. The fourth-order valence-electron chi connectivity index (χ4n) is 2.59. The average Bonchev–Trinajstić information content (AvgIpc) is 2.99. The van der Waals surface area contributed by atoms with E-state index in [-0.39, 0.29) is 5.38 Å². The van der Waals surface area contributed by atoms with Gasteiger partial charge in [0, 0.05) is 18.9 Å². The first-order chi connectivity index (χ1) is 10.1. The second kappa shape index (κ2) is 5.48. The lowest BCUT2D eigenvalue weighted by Crippen LogP contribution is -2.10. The summed E-state index contributed by atoms with van der Waals surface area (Å²) in [7, 11) is 0. The van der Waals surface area contributed by atoms with E-state index < -0.39 is 0 Å². The maximum Gasteiger partial charge on any atom is 0.159 e. The molecule has 3 rings (SSSR count). The molecule has 0 spiro atoms. The van der Waals surface area contributed by atoms with Gasteiger partial charge >= 0.3 is 0 Å². The zero-order valence-electron chi connectivity index (χ0n) is 12.4. The molecule has 0 saturated heterocycles. The molecule has 0 amide bonds. The second-order valence-electron chi connectivity index (χ2n) is 5.10. The molecule has 0 bridgehead atoms. The summed E-state index contributed by atoms with van der Waals surface area (Å²) >= 11 is 6.33. The van der Waals surface area contributed by atoms with Crippen LogP contribution < -0.4 is 0 Å². The molecular formula is C15H18ClN5. The minimum atomic E-state index is -0.149. The van der Waals surface area contributed by atoms with Gasteiger partial charge in [-0.05, 0) is 38.5 Å². The smallest absolute Gasteiger partial charge is 0.159 e. The molecule has 110 valence electrons. The number of hydrogen-bond donors (Lipinski definition) is 0. The Hall–Kier alpha value is -1.88. The van der Waals surface area contributed by atoms with E-state index in [1.807, 2.05) is 30.7 Å². The van der Waals surface area contributed by atoms with Gasteiger partial charge in [-0.3, -0.25) is 4.98 Å². The molecule has 3 aromatic rings. The number of nitrogens with zero attached hydrogens (tertiary/aromatic N) is 5. The SMILES string of the molecule is CCn1nc(C)c2nc(C(C)Cl)n(Cc3ccncc3)c21. The molecule has 21 heavy (non-hydrogen) atoms. The molecule has 0 saturated carbocycles. The van der Waals surface area contributed by atoms with Gasteiger partial charge in [0.2, 0.25) is 0 Å². The van der Waals surface area contributed by atoms with Gasteiger partial charge in [0.05, 0.1) is 17.6 Å². The number of rotatable bonds is 4. The Kier molecular flexibility index (Phi) is 3.68. The van der Waals surface area contributed by atoms with Crippen molar-refractivity contribution in [1.29, 1.82) is 0 Å². The van der Waals surface area contributed by atoms with Crippen LogP contribution in [0.15, 0.2) is 24.5 Å². The maximum atomic E-state index is 6.33. The predicted molar refractivity (Wildman–Crippen MR) is 83.5 cm³/mol. The third-order valence-corrected chi connectivity index (χ3v) is 3.77. The van der Waals surface area contributed by atoms with Crippen molar-refractivity contribution in [2.75, 3.05) is 0 Å². The van der Waals surface area contributed by atoms with Gasteiger partial charge < -0.3 is 4.57 Å². The molecule has 1 atom stereocenters. The molecule has 0 fully saturated rings. The predicted octanol–water partition coefficient (Wildman–Crippen LogP) is 3.30. The highest BCUT2D eigenvalue weighted by Gasteiger charge is 2.20. The van der Waals surface area contributed by atoms with E-state index in [1.54, 1.807) is 12.4 Å². The van der Waals surface area contributed by atoms with Gasteiger partial charge in [-0.25, -0.2) is 9.67 Å². The van der Waals surface area contributed by atoms with E-state index in [0.717, 1.165) is 35.8 Å². The van der Waals surface area contributed by atoms with Crippen molar-refractivity contribution in [3.63, 3.8) is 0 Å². The fourth-order valence-corrected chi connectivity index (χ4v) is 2.76. The third-order valence-electron chi connectivity index (χ3n) is 3.57. The molecule has 3 heterocycles. The van der Waals surface area contributed by atoms with Crippen LogP contribution in [0.2, 0.25) is 0 Å². The van der Waals surface area contributed by atoms with Crippen LogP contribution >= 0.6 is 11.6 Å². The Labute approximate surface area is 128 Å². The highest BCUT2D eigenvalue weighted by Crippen LogP contribution is 2.27. The number of imidazole rings is 1. The van der Waals surface area contributed by atoms with Crippen LogP contribution in [0.25, 0.3) is 11.2 Å². The number of halogens is 1. The van der Waals surface area contributed by atoms with Crippen molar-refractivity contribution in [3.05, 3.63) is 41.6 Å². The number of aromatic nitrogens is 5. The summed E-state index contributed by atoms with van der Waals surface area (Å²) in [5.74, 6) is 0.881. The first-order valence-electron chi connectivity index (χ1n) is 7.08. The van der Waals surface area contributed by atoms with E-state index in [1.165, 1.54) is 5.56 Å². The zero-order valence-corrected chi connectivity index (χ0v) is 13.2. The summed E-state index contributed by atoms with van der Waals surface area (Å²) in [5.41, 5.74) is 4.09. The van der Waals surface area contributed by atoms with Gasteiger partial charge in [0.1, 0.15) is 11.3 Å². The number of alkyl halides is 1. The normalized spacial score (nSPS) is 13.0. The van der Waals surface area contributed by atoms with Crippen molar-refractivity contribution in [3.8, 4) is 0 Å². The van der Waals surface area contributed by atoms with E-state index in [2.05, 4.69) is 21.6 Å². The van der Waals surface area contributed by atoms with Crippen molar-refractivity contribution >= 4 is 22.8 Å². The number of hydrogen-bond acceptors (Lipinski definition) is 3. The third kappa shape index (κ3) is 2.42. The Morgan fingerprint density at radius 2 is 2.00 bits per heavy atom. The summed E-state index contributed by atoms with van der Waals surface area (Å²) in [6, 6.07) is 4.02. The quantitative estimate of drug-likeness (QED) is 0.695. The van der Waals surface area contributed by atoms with E-state index >= 15 is 0 Å². The van der Waals surface area contributed by atoms with Crippen LogP contribution in [-0.2, 0) is 13.1 Å². The first-order valence-corrected chi connectivity index (χ1v) is 7.52. The molecule has 5 nitrogen and oxygen atoms in total. The monoisotopic (exact) mass is 303 g/mol. The summed E-state index contributed by atoms with van der Waals surface area (Å²) < 4.78 is 4.15. The highest BCUT2D eigenvalue weighted by molar-refractivity contribution is 6.20. The van der Waals surface area contributed by atoms with Gasteiger partial charge in [-0.2, -0.15) is 5.10 Å². The number of fused-ring (bicyclic) bond motifs is 1. The van der Waals surface area contributed by atoms with Crippen LogP contribution in [0.5, 0.6) is 0 Å². The Morgan fingerprint density at radius 1 is 1.29 bits per heavy atom. The minimum absolute atomic E-state index is 0.149. The lowest BCUT2D eigenvalue weighted by molar-refractivity contribution is 0.633. The van der Waals surface area contributed by atoms with Gasteiger partial charge in [0.25, 0.3) is 0 Å². The largest absolute Gasteiger partial charge is 0.307 e. The number of pyridine rings is 1. The van der Waals surface area contributed by atoms with E-state index in [9.17, 15) is 0 Å². The summed E-state index contributed by atoms with van der Waals surface area (Å²) in [6.07, 6.45) is 3.60. The van der Waals surface area contributed by atoms with Crippen LogP contribution in [0.1, 0.15) is 36.3 Å². The molecule has 6 heteroatoms. The molecule has 0 radical (unpaired) electrons. The zero-order chi connectivity index (χ0) is 15.0. The Bertz CT molecular complexity index is 757. The van der Waals surface area contributed by atoms with Gasteiger partial charge in [0.15, 0.2) is 5.65 Å². The Morgan fingerprint density at radius 3 is 2.62 bits per heavy atom. The fraction of sp³-hybridized carbons (Fsp3) is 0.400. The average molecular weight is 304 g/mol. The molecule has 3 aromatic heterocycles. The van der Waals surface area contributed by atoms with Gasteiger partial charge in [-0.15, -0.1) is 11.6 Å². The molecular weight excluding hydrogens is 286 g/mol. The van der Waals surface area contributed by atoms with Crippen molar-refractivity contribution in [1.82, 2.24) is 24.3 Å². The first kappa shape index (κ1) is 14.1. The van der Waals surface area contributed by atoms with Crippen molar-refractivity contribution in [2.45, 2.75) is 39.2 Å². The van der Waals surface area contributed by atoms with Crippen LogP contribution in [-0.4, -0.2) is 24.3 Å². The van der Waals surface area contributed by atoms with Crippen molar-refractivity contribution in [2.24, 2.45) is 0 Å². The summed E-state index contributed by atoms with van der Waals surface area (Å²) in [5, 5.41) is 4.40. The summed E-state index contributed by atoms with van der Waals surface area (Å²) in [6.45, 7) is 7.55. The lowest BCUT2D eigenvalue weighted by atomic mass is 10.2. The standard InChI is InChI=1S/C15H18ClN5/c1-4-21-15-13(11(3)19-21)18-14(10(2)16)20(15)9-12-5-7-17-8-6-12/h5-8,10H,4,9H2,1-3H3. The van der Waals surface area contributed by atoms with E-state index in [4.69, 9.17) is 16.6 Å². The lowest BCUT2D eigenvalue weighted by Gasteiger charge is -2.11. The molecule has 0 aliphatic carbocycles. The summed E-state index contributed by atoms with van der Waals surface area (Å²) in [4.78, 5) is 8.77. The Balaban J connectivity index is 2.20. The maximum absolute atomic E-state index is 6.33. The molecule has 1 unspecified atom stereocenters.